The van der Waals surface area contributed by atoms with E-state index < -0.39 is 0 Å². The maximum absolute atomic E-state index is 5.54. The number of hydrogen-bond donors (Lipinski definition) is 2. The molecule has 2 rings (SSSR count). The first-order chi connectivity index (χ1) is 14.1. The van der Waals surface area contributed by atoms with E-state index in [1.165, 1.54) is 32.4 Å². The summed E-state index contributed by atoms with van der Waals surface area (Å²) < 4.78 is 10.7. The molecule has 0 aliphatic carbocycles. The SMILES string of the molecule is CCNC(=NCC(CC(C)C)N1CCOCC1)NCC1CCN(CCOC)CC1.I. The van der Waals surface area contributed by atoms with E-state index >= 15 is 0 Å². The molecule has 2 saturated heterocycles. The van der Waals surface area contributed by atoms with Gasteiger partial charge in [0.15, 0.2) is 5.96 Å². The number of guanidine groups is 1. The summed E-state index contributed by atoms with van der Waals surface area (Å²) in [5, 5.41) is 7.05. The van der Waals surface area contributed by atoms with E-state index in [9.17, 15) is 0 Å². The molecule has 2 aliphatic rings. The molecule has 178 valence electrons. The molecule has 2 fully saturated rings. The lowest BCUT2D eigenvalue weighted by Gasteiger charge is -2.35. The van der Waals surface area contributed by atoms with Gasteiger partial charge in [-0.2, -0.15) is 0 Å². The fourth-order valence-corrected chi connectivity index (χ4v) is 4.24. The highest BCUT2D eigenvalue weighted by Gasteiger charge is 2.22. The molecule has 1 atom stereocenters. The molecule has 30 heavy (non-hydrogen) atoms. The van der Waals surface area contributed by atoms with Crippen LogP contribution in [0.25, 0.3) is 0 Å². The van der Waals surface area contributed by atoms with Crippen LogP contribution in [-0.4, -0.2) is 101 Å². The van der Waals surface area contributed by atoms with Crippen molar-refractivity contribution in [2.24, 2.45) is 16.8 Å². The zero-order valence-corrected chi connectivity index (χ0v) is 22.0. The maximum Gasteiger partial charge on any atom is 0.191 e. The normalized spacial score (nSPS) is 20.8. The van der Waals surface area contributed by atoms with Gasteiger partial charge in [0.25, 0.3) is 0 Å². The smallest absolute Gasteiger partial charge is 0.191 e. The molecule has 0 spiro atoms. The summed E-state index contributed by atoms with van der Waals surface area (Å²) in [6, 6.07) is 0.498. The zero-order chi connectivity index (χ0) is 20.9. The Morgan fingerprint density at radius 3 is 2.43 bits per heavy atom. The van der Waals surface area contributed by atoms with Crippen LogP contribution in [0.4, 0.5) is 0 Å². The van der Waals surface area contributed by atoms with Crippen molar-refractivity contribution in [1.82, 2.24) is 20.4 Å². The minimum atomic E-state index is 0. The van der Waals surface area contributed by atoms with Crippen molar-refractivity contribution in [1.29, 1.82) is 0 Å². The Balaban J connectivity index is 0.00000450. The molecule has 0 radical (unpaired) electrons. The van der Waals surface area contributed by atoms with Crippen molar-refractivity contribution >= 4 is 29.9 Å². The van der Waals surface area contributed by atoms with Gasteiger partial charge in [-0.3, -0.25) is 9.89 Å². The Morgan fingerprint density at radius 2 is 1.83 bits per heavy atom. The zero-order valence-electron chi connectivity index (χ0n) is 19.7. The number of piperidine rings is 1. The van der Waals surface area contributed by atoms with Crippen LogP contribution in [0.15, 0.2) is 4.99 Å². The van der Waals surface area contributed by atoms with Crippen molar-refractivity contribution in [3.8, 4) is 0 Å². The number of nitrogens with zero attached hydrogens (tertiary/aromatic N) is 3. The number of rotatable bonds is 11. The van der Waals surface area contributed by atoms with Crippen LogP contribution in [0.2, 0.25) is 0 Å². The van der Waals surface area contributed by atoms with Crippen LogP contribution >= 0.6 is 24.0 Å². The van der Waals surface area contributed by atoms with Crippen LogP contribution in [-0.2, 0) is 9.47 Å². The van der Waals surface area contributed by atoms with Gasteiger partial charge in [-0.1, -0.05) is 13.8 Å². The molecule has 8 heteroatoms. The Morgan fingerprint density at radius 1 is 1.13 bits per heavy atom. The number of ether oxygens (including phenoxy) is 2. The van der Waals surface area contributed by atoms with Crippen molar-refractivity contribution in [3.63, 3.8) is 0 Å². The van der Waals surface area contributed by atoms with E-state index in [2.05, 4.69) is 41.2 Å². The average molecular weight is 540 g/mol. The first-order valence-corrected chi connectivity index (χ1v) is 11.7. The Kier molecular flexibility index (Phi) is 15.3. The quantitative estimate of drug-likeness (QED) is 0.239. The average Bonchev–Trinajstić information content (AvgIpc) is 2.74. The number of likely N-dealkylation sites (tertiary alicyclic amines) is 1. The van der Waals surface area contributed by atoms with E-state index in [0.717, 1.165) is 71.0 Å². The summed E-state index contributed by atoms with van der Waals surface area (Å²) in [5.41, 5.74) is 0. The number of hydrogen-bond acceptors (Lipinski definition) is 5. The highest BCUT2D eigenvalue weighted by molar-refractivity contribution is 14.0. The molecule has 0 aromatic rings. The molecule has 0 aromatic carbocycles. The summed E-state index contributed by atoms with van der Waals surface area (Å²) in [6.45, 7) is 17.5. The molecule has 7 nitrogen and oxygen atoms in total. The summed E-state index contributed by atoms with van der Waals surface area (Å²) >= 11 is 0. The molecule has 1 unspecified atom stereocenters. The highest BCUT2D eigenvalue weighted by Crippen LogP contribution is 2.16. The number of halogens is 1. The lowest BCUT2D eigenvalue weighted by Crippen LogP contribution is -2.47. The number of aliphatic imine (C=N–C) groups is 1. The van der Waals surface area contributed by atoms with E-state index in [1.807, 2.05) is 0 Å². The monoisotopic (exact) mass is 539 g/mol. The lowest BCUT2D eigenvalue weighted by molar-refractivity contribution is 0.0143. The summed E-state index contributed by atoms with van der Waals surface area (Å²) in [4.78, 5) is 10.0. The second-order valence-electron chi connectivity index (χ2n) is 8.81. The van der Waals surface area contributed by atoms with Crippen molar-refractivity contribution in [3.05, 3.63) is 0 Å². The maximum atomic E-state index is 5.54. The fourth-order valence-electron chi connectivity index (χ4n) is 4.24. The van der Waals surface area contributed by atoms with Crippen molar-refractivity contribution in [2.75, 3.05) is 79.3 Å². The Bertz CT molecular complexity index is 453. The van der Waals surface area contributed by atoms with Crippen LogP contribution in [0.1, 0.15) is 40.0 Å². The van der Waals surface area contributed by atoms with Crippen molar-refractivity contribution in [2.45, 2.75) is 46.1 Å². The van der Waals surface area contributed by atoms with Gasteiger partial charge >= 0.3 is 0 Å². The van der Waals surface area contributed by atoms with Gasteiger partial charge in [-0.05, 0) is 51.1 Å². The minimum absolute atomic E-state index is 0. The largest absolute Gasteiger partial charge is 0.383 e. The van der Waals surface area contributed by atoms with Gasteiger partial charge in [0.05, 0.1) is 26.4 Å². The van der Waals surface area contributed by atoms with Crippen LogP contribution < -0.4 is 10.6 Å². The predicted octanol–water partition coefficient (Wildman–Crippen LogP) is 2.26. The second kappa shape index (κ2) is 16.5. The number of nitrogens with one attached hydrogen (secondary N) is 2. The fraction of sp³-hybridized carbons (Fsp3) is 0.955. The van der Waals surface area contributed by atoms with Gasteiger partial charge in [0, 0.05) is 45.9 Å². The van der Waals surface area contributed by atoms with E-state index in [-0.39, 0.29) is 24.0 Å². The molecule has 0 aromatic heterocycles. The summed E-state index contributed by atoms with van der Waals surface area (Å²) in [7, 11) is 1.78. The summed E-state index contributed by atoms with van der Waals surface area (Å²) in [6.07, 6.45) is 3.68. The standard InChI is InChI=1S/C22H45N5O2.HI/c1-5-23-22(24-17-20-6-8-26(9-7-20)10-13-28-4)25-18-21(16-19(2)3)27-11-14-29-15-12-27;/h19-21H,5-18H2,1-4H3,(H2,23,24,25);1H. The van der Waals surface area contributed by atoms with Crippen LogP contribution in [0, 0.1) is 11.8 Å². The lowest BCUT2D eigenvalue weighted by atomic mass is 9.97. The van der Waals surface area contributed by atoms with Crippen molar-refractivity contribution < 1.29 is 9.47 Å². The third-order valence-electron chi connectivity index (χ3n) is 5.99. The van der Waals surface area contributed by atoms with E-state index in [0.29, 0.717) is 12.0 Å². The first-order valence-electron chi connectivity index (χ1n) is 11.7. The van der Waals surface area contributed by atoms with Gasteiger partial charge in [0.1, 0.15) is 0 Å². The molecule has 0 bridgehead atoms. The molecule has 2 N–H and O–H groups in total. The Hall–Kier alpha value is -0.160. The molecule has 0 saturated carbocycles. The third kappa shape index (κ3) is 10.9. The number of morpholine rings is 1. The van der Waals surface area contributed by atoms with Gasteiger partial charge in [0.2, 0.25) is 0 Å². The predicted molar refractivity (Wildman–Crippen MR) is 136 cm³/mol. The molecule has 2 aliphatic heterocycles. The third-order valence-corrected chi connectivity index (χ3v) is 5.99. The number of methoxy groups -OCH3 is 1. The summed E-state index contributed by atoms with van der Waals surface area (Å²) in [5.74, 6) is 2.37. The first kappa shape index (κ1) is 27.9. The molecule has 0 amide bonds. The van der Waals surface area contributed by atoms with Crippen LogP contribution in [0.3, 0.4) is 0 Å². The van der Waals surface area contributed by atoms with E-state index in [4.69, 9.17) is 14.5 Å². The van der Waals surface area contributed by atoms with Crippen LogP contribution in [0.5, 0.6) is 0 Å². The second-order valence-corrected chi connectivity index (χ2v) is 8.81. The molecular formula is C22H46IN5O2. The molecule has 2 heterocycles. The topological polar surface area (TPSA) is 61.4 Å². The van der Waals surface area contributed by atoms with E-state index in [1.54, 1.807) is 7.11 Å². The van der Waals surface area contributed by atoms with Gasteiger partial charge < -0.3 is 25.0 Å². The highest BCUT2D eigenvalue weighted by atomic mass is 127. The minimum Gasteiger partial charge on any atom is -0.383 e. The molecular weight excluding hydrogens is 493 g/mol. The van der Waals surface area contributed by atoms with Gasteiger partial charge in [-0.15, -0.1) is 24.0 Å². The van der Waals surface area contributed by atoms with Gasteiger partial charge in [-0.25, -0.2) is 0 Å². The Labute approximate surface area is 201 Å².